The molecule has 1 heterocycles. The van der Waals surface area contributed by atoms with E-state index in [9.17, 15) is 4.39 Å². The molecule has 0 amide bonds. The Morgan fingerprint density at radius 3 is 2.60 bits per heavy atom. The lowest BCUT2D eigenvalue weighted by molar-refractivity contribution is 0.414. The molecule has 0 saturated heterocycles. The third kappa shape index (κ3) is 4.12. The molecule has 3 aromatic rings. The Balaban J connectivity index is 1.87. The SMILES string of the molecule is COc1cccc(C(C)Nc2cc(-c3cccc(F)c3)nc(C)n2)c1. The van der Waals surface area contributed by atoms with E-state index in [4.69, 9.17) is 4.74 Å². The lowest BCUT2D eigenvalue weighted by atomic mass is 10.1. The van der Waals surface area contributed by atoms with Crippen molar-refractivity contribution in [2.75, 3.05) is 12.4 Å². The van der Waals surface area contributed by atoms with Crippen molar-refractivity contribution >= 4 is 5.82 Å². The summed E-state index contributed by atoms with van der Waals surface area (Å²) in [4.78, 5) is 8.86. The van der Waals surface area contributed by atoms with E-state index in [1.807, 2.05) is 50.2 Å². The summed E-state index contributed by atoms with van der Waals surface area (Å²) in [6, 6.07) is 16.1. The van der Waals surface area contributed by atoms with E-state index < -0.39 is 0 Å². The molecule has 3 rings (SSSR count). The molecular formula is C20H20FN3O. The average Bonchev–Trinajstić information content (AvgIpc) is 2.61. The van der Waals surface area contributed by atoms with Gasteiger partial charge in [0.25, 0.3) is 0 Å². The first-order valence-corrected chi connectivity index (χ1v) is 8.07. The van der Waals surface area contributed by atoms with Gasteiger partial charge in [0.05, 0.1) is 18.8 Å². The second-order valence-electron chi connectivity index (χ2n) is 5.84. The number of hydrogen-bond donors (Lipinski definition) is 1. The van der Waals surface area contributed by atoms with Gasteiger partial charge in [-0.2, -0.15) is 0 Å². The predicted octanol–water partition coefficient (Wildman–Crippen LogP) is 4.77. The molecule has 0 aliphatic carbocycles. The highest BCUT2D eigenvalue weighted by molar-refractivity contribution is 5.62. The average molecular weight is 337 g/mol. The molecule has 0 aliphatic rings. The van der Waals surface area contributed by atoms with E-state index in [0.717, 1.165) is 16.9 Å². The number of hydrogen-bond acceptors (Lipinski definition) is 4. The summed E-state index contributed by atoms with van der Waals surface area (Å²) in [6.45, 7) is 3.87. The minimum absolute atomic E-state index is 0.0322. The van der Waals surface area contributed by atoms with Crippen molar-refractivity contribution in [3.63, 3.8) is 0 Å². The number of aryl methyl sites for hydroxylation is 1. The summed E-state index contributed by atoms with van der Waals surface area (Å²) in [7, 11) is 1.65. The quantitative estimate of drug-likeness (QED) is 0.728. The van der Waals surface area contributed by atoms with Gasteiger partial charge >= 0.3 is 0 Å². The van der Waals surface area contributed by atoms with Crippen LogP contribution in [0.1, 0.15) is 24.4 Å². The molecule has 128 valence electrons. The van der Waals surface area contributed by atoms with Crippen molar-refractivity contribution in [1.29, 1.82) is 0 Å². The lowest BCUT2D eigenvalue weighted by Gasteiger charge is -2.16. The highest BCUT2D eigenvalue weighted by atomic mass is 19.1. The van der Waals surface area contributed by atoms with Crippen LogP contribution in [-0.2, 0) is 0 Å². The normalized spacial score (nSPS) is 11.8. The zero-order valence-electron chi connectivity index (χ0n) is 14.5. The maximum absolute atomic E-state index is 13.5. The highest BCUT2D eigenvalue weighted by Crippen LogP contribution is 2.25. The molecule has 0 saturated carbocycles. The van der Waals surface area contributed by atoms with E-state index in [-0.39, 0.29) is 11.9 Å². The summed E-state index contributed by atoms with van der Waals surface area (Å²) >= 11 is 0. The van der Waals surface area contributed by atoms with Crippen molar-refractivity contribution in [2.24, 2.45) is 0 Å². The fourth-order valence-electron chi connectivity index (χ4n) is 2.65. The van der Waals surface area contributed by atoms with Crippen LogP contribution in [0.5, 0.6) is 5.75 Å². The van der Waals surface area contributed by atoms with Gasteiger partial charge in [-0.05, 0) is 43.7 Å². The van der Waals surface area contributed by atoms with E-state index in [1.54, 1.807) is 13.2 Å². The first-order chi connectivity index (χ1) is 12.0. The molecule has 1 N–H and O–H groups in total. The molecule has 1 unspecified atom stereocenters. The zero-order chi connectivity index (χ0) is 17.8. The van der Waals surface area contributed by atoms with Crippen molar-refractivity contribution < 1.29 is 9.13 Å². The van der Waals surface area contributed by atoms with E-state index in [1.165, 1.54) is 12.1 Å². The smallest absolute Gasteiger partial charge is 0.130 e. The predicted molar refractivity (Wildman–Crippen MR) is 97.2 cm³/mol. The summed E-state index contributed by atoms with van der Waals surface area (Å²) in [5.74, 6) is 1.85. The van der Waals surface area contributed by atoms with Gasteiger partial charge in [0.15, 0.2) is 0 Å². The number of rotatable bonds is 5. The van der Waals surface area contributed by atoms with Gasteiger partial charge in [0, 0.05) is 11.6 Å². The Morgan fingerprint density at radius 2 is 1.84 bits per heavy atom. The standard InChI is InChI=1S/C20H20FN3O/c1-13(15-6-5-9-18(11-15)25-3)22-20-12-19(23-14(2)24-20)16-7-4-8-17(21)10-16/h4-13H,1-3H3,(H,22,23,24). The molecule has 5 heteroatoms. The van der Waals surface area contributed by atoms with E-state index in [2.05, 4.69) is 15.3 Å². The Labute approximate surface area is 146 Å². The fourth-order valence-corrected chi connectivity index (χ4v) is 2.65. The molecule has 0 aliphatic heterocycles. The number of halogens is 1. The number of anilines is 1. The van der Waals surface area contributed by atoms with Crippen molar-refractivity contribution in [1.82, 2.24) is 9.97 Å². The van der Waals surface area contributed by atoms with Crippen LogP contribution in [0.15, 0.2) is 54.6 Å². The molecule has 0 radical (unpaired) electrons. The lowest BCUT2D eigenvalue weighted by Crippen LogP contribution is -2.09. The minimum atomic E-state index is -0.284. The number of nitrogens with zero attached hydrogens (tertiary/aromatic N) is 2. The van der Waals surface area contributed by atoms with Gasteiger partial charge in [0.1, 0.15) is 23.2 Å². The number of methoxy groups -OCH3 is 1. The topological polar surface area (TPSA) is 47.0 Å². The first kappa shape index (κ1) is 16.9. The maximum atomic E-state index is 13.5. The Bertz CT molecular complexity index is 882. The van der Waals surface area contributed by atoms with E-state index in [0.29, 0.717) is 17.3 Å². The molecule has 25 heavy (non-hydrogen) atoms. The van der Waals surface area contributed by atoms with Crippen LogP contribution >= 0.6 is 0 Å². The number of aromatic nitrogens is 2. The Hall–Kier alpha value is -2.95. The molecule has 0 spiro atoms. The number of benzene rings is 2. The maximum Gasteiger partial charge on any atom is 0.130 e. The molecule has 1 aromatic heterocycles. The van der Waals surface area contributed by atoms with Crippen LogP contribution in [0.4, 0.5) is 10.2 Å². The molecule has 0 fully saturated rings. The zero-order valence-corrected chi connectivity index (χ0v) is 14.5. The Kier molecular flexibility index (Phi) is 4.93. The number of ether oxygens (including phenoxy) is 1. The fraction of sp³-hybridized carbons (Fsp3) is 0.200. The van der Waals surface area contributed by atoms with Crippen LogP contribution in [-0.4, -0.2) is 17.1 Å². The number of nitrogens with one attached hydrogen (secondary N) is 1. The monoisotopic (exact) mass is 337 g/mol. The van der Waals surface area contributed by atoms with Gasteiger partial charge < -0.3 is 10.1 Å². The third-order valence-electron chi connectivity index (χ3n) is 3.92. The third-order valence-corrected chi connectivity index (χ3v) is 3.92. The molecule has 2 aromatic carbocycles. The van der Waals surface area contributed by atoms with Gasteiger partial charge in [-0.3, -0.25) is 0 Å². The van der Waals surface area contributed by atoms with Gasteiger partial charge in [-0.15, -0.1) is 0 Å². The van der Waals surface area contributed by atoms with Crippen LogP contribution in [0.2, 0.25) is 0 Å². The van der Waals surface area contributed by atoms with Gasteiger partial charge in [0.2, 0.25) is 0 Å². The van der Waals surface area contributed by atoms with Crippen molar-refractivity contribution in [3.8, 4) is 17.0 Å². The molecule has 4 nitrogen and oxygen atoms in total. The van der Waals surface area contributed by atoms with Gasteiger partial charge in [-0.1, -0.05) is 24.3 Å². The molecule has 1 atom stereocenters. The second kappa shape index (κ2) is 7.30. The molecule has 0 bridgehead atoms. The summed E-state index contributed by atoms with van der Waals surface area (Å²) < 4.78 is 18.8. The summed E-state index contributed by atoms with van der Waals surface area (Å²) in [5, 5.41) is 3.37. The van der Waals surface area contributed by atoms with Crippen LogP contribution < -0.4 is 10.1 Å². The van der Waals surface area contributed by atoms with Crippen molar-refractivity contribution in [2.45, 2.75) is 19.9 Å². The minimum Gasteiger partial charge on any atom is -0.497 e. The first-order valence-electron chi connectivity index (χ1n) is 8.07. The highest BCUT2D eigenvalue weighted by Gasteiger charge is 2.10. The largest absolute Gasteiger partial charge is 0.497 e. The Morgan fingerprint density at radius 1 is 1.04 bits per heavy atom. The van der Waals surface area contributed by atoms with Gasteiger partial charge in [-0.25, -0.2) is 14.4 Å². The second-order valence-corrected chi connectivity index (χ2v) is 5.84. The summed E-state index contributed by atoms with van der Waals surface area (Å²) in [5.41, 5.74) is 2.50. The summed E-state index contributed by atoms with van der Waals surface area (Å²) in [6.07, 6.45) is 0. The van der Waals surface area contributed by atoms with Crippen LogP contribution in [0.3, 0.4) is 0 Å². The van der Waals surface area contributed by atoms with Crippen molar-refractivity contribution in [3.05, 3.63) is 71.8 Å². The van der Waals surface area contributed by atoms with Crippen LogP contribution in [0, 0.1) is 12.7 Å². The van der Waals surface area contributed by atoms with Crippen LogP contribution in [0.25, 0.3) is 11.3 Å². The molecular weight excluding hydrogens is 317 g/mol. The van der Waals surface area contributed by atoms with E-state index >= 15 is 0 Å².